The highest BCUT2D eigenvalue weighted by Gasteiger charge is 2.27. The molecule has 0 radical (unpaired) electrons. The summed E-state index contributed by atoms with van der Waals surface area (Å²) in [6, 6.07) is 6.50. The van der Waals surface area contributed by atoms with Gasteiger partial charge in [-0.3, -0.25) is 0 Å². The van der Waals surface area contributed by atoms with E-state index in [4.69, 9.17) is 16.3 Å². The van der Waals surface area contributed by atoms with Gasteiger partial charge < -0.3 is 10.1 Å². The Bertz CT molecular complexity index is 393. The smallest absolute Gasteiger partial charge is 0.0513 e. The first-order valence-corrected chi connectivity index (χ1v) is 7.94. The number of rotatable bonds is 5. The van der Waals surface area contributed by atoms with E-state index in [0.717, 1.165) is 37.6 Å². The van der Waals surface area contributed by atoms with Gasteiger partial charge in [0.1, 0.15) is 0 Å². The number of benzene rings is 1. The number of halogens is 2. The molecule has 0 amide bonds. The molecule has 18 heavy (non-hydrogen) atoms. The number of ether oxygens (including phenoxy) is 1. The molecule has 1 saturated heterocycles. The average molecular weight is 380 g/mol. The van der Waals surface area contributed by atoms with Gasteiger partial charge in [-0.1, -0.05) is 18.5 Å². The van der Waals surface area contributed by atoms with Crippen molar-refractivity contribution in [2.24, 2.45) is 5.92 Å². The number of hydrogen-bond acceptors (Lipinski definition) is 2. The molecule has 0 bridgehead atoms. The van der Waals surface area contributed by atoms with E-state index in [2.05, 4.69) is 47.0 Å². The molecule has 0 spiro atoms. The molecule has 1 aliphatic rings. The number of nitrogens with one attached hydrogen (secondary N) is 1. The van der Waals surface area contributed by atoms with Crippen LogP contribution < -0.4 is 5.32 Å². The van der Waals surface area contributed by atoms with Gasteiger partial charge in [0, 0.05) is 27.2 Å². The van der Waals surface area contributed by atoms with Gasteiger partial charge in [0.05, 0.1) is 6.61 Å². The van der Waals surface area contributed by atoms with Crippen molar-refractivity contribution in [3.63, 3.8) is 0 Å². The second-order valence-electron chi connectivity index (χ2n) is 4.72. The fourth-order valence-corrected chi connectivity index (χ4v) is 3.25. The van der Waals surface area contributed by atoms with Crippen LogP contribution in [0.3, 0.4) is 0 Å². The molecule has 4 heteroatoms. The van der Waals surface area contributed by atoms with Crippen molar-refractivity contribution in [1.82, 2.24) is 5.32 Å². The highest BCUT2D eigenvalue weighted by atomic mass is 127. The van der Waals surface area contributed by atoms with Gasteiger partial charge >= 0.3 is 0 Å². The van der Waals surface area contributed by atoms with Crippen LogP contribution in [0.4, 0.5) is 0 Å². The first kappa shape index (κ1) is 14.6. The number of hydrogen-bond donors (Lipinski definition) is 1. The Morgan fingerprint density at radius 3 is 3.06 bits per heavy atom. The predicted octanol–water partition coefficient (Wildman–Crippen LogP) is 4.02. The molecule has 1 fully saturated rings. The van der Waals surface area contributed by atoms with Crippen LogP contribution in [0.15, 0.2) is 18.2 Å². The molecule has 2 rings (SSSR count). The lowest BCUT2D eigenvalue weighted by Gasteiger charge is -2.25. The normalized spacial score (nSPS) is 21.2. The molecule has 100 valence electrons. The fraction of sp³-hybridized carbons (Fsp3) is 0.571. The maximum Gasteiger partial charge on any atom is 0.0513 e. The highest BCUT2D eigenvalue weighted by molar-refractivity contribution is 14.1. The standard InChI is InChI=1S/C14H19ClINO/c1-2-6-17-14(10-5-7-18-9-10)12-8-11(15)3-4-13(12)16/h3-4,8,10,14,17H,2,5-7,9H2,1H3. The second kappa shape index (κ2) is 7.08. The second-order valence-corrected chi connectivity index (χ2v) is 6.32. The Labute approximate surface area is 128 Å². The monoisotopic (exact) mass is 379 g/mol. The molecule has 2 unspecified atom stereocenters. The van der Waals surface area contributed by atoms with E-state index in [1.54, 1.807) is 0 Å². The molecule has 1 aliphatic heterocycles. The summed E-state index contributed by atoms with van der Waals surface area (Å²) >= 11 is 8.53. The molecule has 0 aromatic heterocycles. The summed E-state index contributed by atoms with van der Waals surface area (Å²) < 4.78 is 6.81. The molecule has 0 aliphatic carbocycles. The van der Waals surface area contributed by atoms with Crippen LogP contribution in [-0.4, -0.2) is 19.8 Å². The van der Waals surface area contributed by atoms with Crippen molar-refractivity contribution >= 4 is 34.2 Å². The molecule has 0 saturated carbocycles. The summed E-state index contributed by atoms with van der Waals surface area (Å²) in [5, 5.41) is 4.46. The maximum absolute atomic E-state index is 6.14. The van der Waals surface area contributed by atoms with Gasteiger partial charge in [-0.15, -0.1) is 0 Å². The van der Waals surface area contributed by atoms with Crippen molar-refractivity contribution in [3.8, 4) is 0 Å². The van der Waals surface area contributed by atoms with Crippen LogP contribution >= 0.6 is 34.2 Å². The third kappa shape index (κ3) is 3.59. The highest BCUT2D eigenvalue weighted by Crippen LogP contribution is 2.33. The minimum absolute atomic E-state index is 0.359. The van der Waals surface area contributed by atoms with Crippen molar-refractivity contribution in [3.05, 3.63) is 32.4 Å². The van der Waals surface area contributed by atoms with Crippen LogP contribution in [0.25, 0.3) is 0 Å². The molecule has 1 aromatic rings. The van der Waals surface area contributed by atoms with E-state index >= 15 is 0 Å². The Morgan fingerprint density at radius 1 is 1.56 bits per heavy atom. The summed E-state index contributed by atoms with van der Waals surface area (Å²) in [5.41, 5.74) is 1.31. The van der Waals surface area contributed by atoms with E-state index in [9.17, 15) is 0 Å². The summed E-state index contributed by atoms with van der Waals surface area (Å²) in [6.07, 6.45) is 2.27. The largest absolute Gasteiger partial charge is 0.381 e. The zero-order chi connectivity index (χ0) is 13.0. The predicted molar refractivity (Wildman–Crippen MR) is 84.1 cm³/mol. The third-order valence-electron chi connectivity index (χ3n) is 3.34. The van der Waals surface area contributed by atoms with Crippen LogP contribution in [0.5, 0.6) is 0 Å². The fourth-order valence-electron chi connectivity index (χ4n) is 2.40. The van der Waals surface area contributed by atoms with Crippen molar-refractivity contribution in [1.29, 1.82) is 0 Å². The van der Waals surface area contributed by atoms with Crippen LogP contribution in [0, 0.1) is 9.49 Å². The van der Waals surface area contributed by atoms with Crippen LogP contribution in [0.1, 0.15) is 31.4 Å². The Morgan fingerprint density at radius 2 is 2.39 bits per heavy atom. The van der Waals surface area contributed by atoms with Gasteiger partial charge in [0.25, 0.3) is 0 Å². The van der Waals surface area contributed by atoms with Gasteiger partial charge in [-0.25, -0.2) is 0 Å². The van der Waals surface area contributed by atoms with E-state index in [-0.39, 0.29) is 0 Å². The van der Waals surface area contributed by atoms with Crippen LogP contribution in [0.2, 0.25) is 5.02 Å². The summed E-state index contributed by atoms with van der Waals surface area (Å²) in [4.78, 5) is 0. The summed E-state index contributed by atoms with van der Waals surface area (Å²) in [7, 11) is 0. The van der Waals surface area contributed by atoms with E-state index in [0.29, 0.717) is 12.0 Å². The van der Waals surface area contributed by atoms with Gasteiger partial charge in [-0.05, 0) is 65.7 Å². The first-order chi connectivity index (χ1) is 8.72. The Balaban J connectivity index is 2.23. The van der Waals surface area contributed by atoms with E-state index < -0.39 is 0 Å². The summed E-state index contributed by atoms with van der Waals surface area (Å²) in [5.74, 6) is 0.559. The average Bonchev–Trinajstić information content (AvgIpc) is 2.88. The van der Waals surface area contributed by atoms with Crippen LogP contribution in [-0.2, 0) is 4.74 Å². The van der Waals surface area contributed by atoms with Crippen molar-refractivity contribution < 1.29 is 4.74 Å². The third-order valence-corrected chi connectivity index (χ3v) is 4.56. The lowest BCUT2D eigenvalue weighted by atomic mass is 9.92. The zero-order valence-electron chi connectivity index (χ0n) is 10.6. The van der Waals surface area contributed by atoms with E-state index in [1.807, 2.05) is 6.07 Å². The van der Waals surface area contributed by atoms with Gasteiger partial charge in [-0.2, -0.15) is 0 Å². The molecule has 1 N–H and O–H groups in total. The van der Waals surface area contributed by atoms with Crippen molar-refractivity contribution in [2.75, 3.05) is 19.8 Å². The molecular weight excluding hydrogens is 361 g/mol. The lowest BCUT2D eigenvalue weighted by molar-refractivity contribution is 0.176. The Kier molecular flexibility index (Phi) is 5.73. The molecule has 2 atom stereocenters. The summed E-state index contributed by atoms with van der Waals surface area (Å²) in [6.45, 7) is 4.96. The SMILES string of the molecule is CCCNC(c1cc(Cl)ccc1I)C1CCOC1. The topological polar surface area (TPSA) is 21.3 Å². The zero-order valence-corrected chi connectivity index (χ0v) is 13.5. The molecule has 1 aromatic carbocycles. The minimum atomic E-state index is 0.359. The quantitative estimate of drug-likeness (QED) is 0.780. The molecule has 1 heterocycles. The minimum Gasteiger partial charge on any atom is -0.381 e. The van der Waals surface area contributed by atoms with Gasteiger partial charge in [0.2, 0.25) is 0 Å². The maximum atomic E-state index is 6.14. The first-order valence-electron chi connectivity index (χ1n) is 6.48. The molecular formula is C14H19ClINO. The van der Waals surface area contributed by atoms with E-state index in [1.165, 1.54) is 9.13 Å². The Hall–Kier alpha value is 0.160. The van der Waals surface area contributed by atoms with Crippen molar-refractivity contribution in [2.45, 2.75) is 25.8 Å². The molecule has 2 nitrogen and oxygen atoms in total. The van der Waals surface area contributed by atoms with Gasteiger partial charge in [0.15, 0.2) is 0 Å². The lowest BCUT2D eigenvalue weighted by Crippen LogP contribution is -2.30.